The summed E-state index contributed by atoms with van der Waals surface area (Å²) in [6, 6.07) is 4.36. The third kappa shape index (κ3) is 4.56. The normalized spacial score (nSPS) is 11.5. The van der Waals surface area contributed by atoms with Crippen molar-refractivity contribution in [2.24, 2.45) is 7.05 Å². The zero-order valence-electron chi connectivity index (χ0n) is 14.0. The number of methoxy groups -OCH3 is 1. The molecule has 1 aromatic carbocycles. The summed E-state index contributed by atoms with van der Waals surface area (Å²) in [5.74, 6) is -0.0876. The highest BCUT2D eigenvalue weighted by atomic mass is 19.3. The minimum Gasteiger partial charge on any atom is -0.493 e. The van der Waals surface area contributed by atoms with Gasteiger partial charge in [0.15, 0.2) is 11.5 Å². The fourth-order valence-corrected chi connectivity index (χ4v) is 2.18. The van der Waals surface area contributed by atoms with Crippen LogP contribution in [-0.2, 0) is 16.6 Å². The van der Waals surface area contributed by atoms with Crippen molar-refractivity contribution in [1.82, 2.24) is 9.55 Å². The molecule has 6 nitrogen and oxygen atoms in total. The monoisotopic (exact) mass is 352 g/mol. The molecular formula is C17H18F2N2O4. The highest BCUT2D eigenvalue weighted by Gasteiger charge is 2.18. The Hall–Kier alpha value is -2.90. The van der Waals surface area contributed by atoms with Gasteiger partial charge in [-0.05, 0) is 30.7 Å². The molecule has 1 aromatic heterocycles. The largest absolute Gasteiger partial charge is 0.493 e. The maximum atomic E-state index is 12.4. The van der Waals surface area contributed by atoms with E-state index in [4.69, 9.17) is 9.47 Å². The van der Waals surface area contributed by atoms with Crippen LogP contribution in [0.3, 0.4) is 0 Å². The van der Waals surface area contributed by atoms with Gasteiger partial charge in [-0.1, -0.05) is 6.07 Å². The van der Waals surface area contributed by atoms with Crippen molar-refractivity contribution < 1.29 is 27.8 Å². The number of carbonyl (C=O) groups is 1. The summed E-state index contributed by atoms with van der Waals surface area (Å²) >= 11 is 0. The molecule has 0 N–H and O–H groups in total. The highest BCUT2D eigenvalue weighted by molar-refractivity contribution is 6.20. The van der Waals surface area contributed by atoms with Gasteiger partial charge in [0.05, 0.1) is 13.7 Å². The molecule has 1 heterocycles. The zero-order chi connectivity index (χ0) is 18.4. The zero-order valence-corrected chi connectivity index (χ0v) is 14.0. The number of aryl methyl sites for hydroxylation is 1. The molecule has 0 spiro atoms. The first-order chi connectivity index (χ1) is 12.0. The van der Waals surface area contributed by atoms with Crippen molar-refractivity contribution >= 4 is 17.6 Å². The van der Waals surface area contributed by atoms with Crippen molar-refractivity contribution in [2.45, 2.75) is 13.5 Å². The van der Waals surface area contributed by atoms with E-state index < -0.39 is 12.6 Å². The molecule has 0 aliphatic carbocycles. The Balaban J connectivity index is 2.45. The van der Waals surface area contributed by atoms with E-state index >= 15 is 0 Å². The summed E-state index contributed by atoms with van der Waals surface area (Å²) in [7, 11) is 3.09. The van der Waals surface area contributed by atoms with Crippen LogP contribution in [0.1, 0.15) is 18.3 Å². The average molecular weight is 352 g/mol. The van der Waals surface area contributed by atoms with Crippen LogP contribution >= 0.6 is 0 Å². The van der Waals surface area contributed by atoms with E-state index in [1.54, 1.807) is 37.0 Å². The summed E-state index contributed by atoms with van der Waals surface area (Å²) in [6.45, 7) is -1.05. The number of aromatic nitrogens is 2. The van der Waals surface area contributed by atoms with Crippen molar-refractivity contribution in [3.63, 3.8) is 0 Å². The minimum atomic E-state index is -2.96. The van der Waals surface area contributed by atoms with Crippen LogP contribution in [-0.4, -0.2) is 35.8 Å². The summed E-state index contributed by atoms with van der Waals surface area (Å²) in [5, 5.41) is 0. The number of halogens is 2. The molecule has 0 saturated carbocycles. The van der Waals surface area contributed by atoms with Gasteiger partial charge in [0.1, 0.15) is 11.4 Å². The first kappa shape index (κ1) is 18.4. The maximum Gasteiger partial charge on any atom is 0.387 e. The van der Waals surface area contributed by atoms with Crippen LogP contribution in [0.4, 0.5) is 8.78 Å². The van der Waals surface area contributed by atoms with Crippen LogP contribution in [0.25, 0.3) is 11.6 Å². The van der Waals surface area contributed by atoms with Gasteiger partial charge in [-0.3, -0.25) is 0 Å². The fourth-order valence-electron chi connectivity index (χ4n) is 2.18. The second-order valence-corrected chi connectivity index (χ2v) is 4.93. The third-order valence-corrected chi connectivity index (χ3v) is 3.27. The molecule has 0 saturated heterocycles. The Morgan fingerprint density at radius 1 is 1.36 bits per heavy atom. The third-order valence-electron chi connectivity index (χ3n) is 3.27. The number of imidazole rings is 1. The summed E-state index contributed by atoms with van der Waals surface area (Å²) < 4.78 is 41.0. The fraction of sp³-hybridized carbons (Fsp3) is 0.294. The Morgan fingerprint density at radius 3 is 2.68 bits per heavy atom. The molecule has 0 radical (unpaired) electrons. The van der Waals surface area contributed by atoms with Crippen molar-refractivity contribution in [3.05, 3.63) is 42.0 Å². The van der Waals surface area contributed by atoms with Gasteiger partial charge in [-0.2, -0.15) is 8.78 Å². The number of ether oxygens (including phenoxy) is 3. The maximum absolute atomic E-state index is 12.4. The molecule has 0 aliphatic rings. The number of alkyl halides is 2. The van der Waals surface area contributed by atoms with Crippen LogP contribution in [0.15, 0.2) is 30.6 Å². The Morgan fingerprint density at radius 2 is 2.12 bits per heavy atom. The highest BCUT2D eigenvalue weighted by Crippen LogP contribution is 2.31. The smallest absolute Gasteiger partial charge is 0.387 e. The standard InChI is InChI=1S/C17H18F2N2O4/c1-4-24-16(22)12(15-20-7-8-21(15)2)9-11-5-6-13(25-17(18)19)14(10-11)23-3/h5-10,17H,4H2,1-3H3. The number of hydrogen-bond donors (Lipinski definition) is 0. The quantitative estimate of drug-likeness (QED) is 0.566. The predicted molar refractivity (Wildman–Crippen MR) is 87.3 cm³/mol. The lowest BCUT2D eigenvalue weighted by atomic mass is 10.1. The Kier molecular flexibility index (Phi) is 6.10. The molecule has 134 valence electrons. The average Bonchev–Trinajstić information content (AvgIpc) is 2.99. The lowest BCUT2D eigenvalue weighted by Gasteiger charge is -2.11. The van der Waals surface area contributed by atoms with E-state index in [2.05, 4.69) is 9.72 Å². The number of hydrogen-bond acceptors (Lipinski definition) is 5. The van der Waals surface area contributed by atoms with E-state index in [0.717, 1.165) is 0 Å². The van der Waals surface area contributed by atoms with Crippen LogP contribution in [0.5, 0.6) is 11.5 Å². The Labute approximate surface area is 143 Å². The SMILES string of the molecule is CCOC(=O)C(=Cc1ccc(OC(F)F)c(OC)c1)c1nccn1C. The molecule has 2 rings (SSSR count). The first-order valence-corrected chi connectivity index (χ1v) is 7.45. The van der Waals surface area contributed by atoms with Crippen LogP contribution < -0.4 is 9.47 Å². The van der Waals surface area contributed by atoms with E-state index in [1.807, 2.05) is 0 Å². The second kappa shape index (κ2) is 8.27. The van der Waals surface area contributed by atoms with Gasteiger partial charge >= 0.3 is 12.6 Å². The molecule has 25 heavy (non-hydrogen) atoms. The summed E-state index contributed by atoms with van der Waals surface area (Å²) in [4.78, 5) is 16.4. The lowest BCUT2D eigenvalue weighted by Crippen LogP contribution is -2.10. The molecule has 0 bridgehead atoms. The molecule has 0 unspecified atom stereocenters. The number of nitrogens with zero attached hydrogens (tertiary/aromatic N) is 2. The second-order valence-electron chi connectivity index (χ2n) is 4.93. The van der Waals surface area contributed by atoms with Gasteiger partial charge < -0.3 is 18.8 Å². The summed E-state index contributed by atoms with van der Waals surface area (Å²) in [5.41, 5.74) is 0.781. The first-order valence-electron chi connectivity index (χ1n) is 7.45. The van der Waals surface area contributed by atoms with Crippen molar-refractivity contribution in [2.75, 3.05) is 13.7 Å². The molecule has 0 aliphatic heterocycles. The molecule has 0 fully saturated rings. The molecule has 8 heteroatoms. The van der Waals surface area contributed by atoms with E-state index in [9.17, 15) is 13.6 Å². The van der Waals surface area contributed by atoms with Gasteiger partial charge in [0, 0.05) is 19.4 Å². The van der Waals surface area contributed by atoms with E-state index in [-0.39, 0.29) is 23.7 Å². The summed E-state index contributed by atoms with van der Waals surface area (Å²) in [6.07, 6.45) is 4.81. The van der Waals surface area contributed by atoms with Crippen molar-refractivity contribution in [1.29, 1.82) is 0 Å². The molecule has 0 amide bonds. The number of carbonyl (C=O) groups excluding carboxylic acids is 1. The molecule has 0 atom stereocenters. The van der Waals surface area contributed by atoms with Gasteiger partial charge in [-0.15, -0.1) is 0 Å². The van der Waals surface area contributed by atoms with Crippen LogP contribution in [0, 0.1) is 0 Å². The van der Waals surface area contributed by atoms with E-state index in [1.165, 1.54) is 25.3 Å². The Bertz CT molecular complexity index is 772. The molecule has 2 aromatic rings. The minimum absolute atomic E-state index is 0.0932. The molecular weight excluding hydrogens is 334 g/mol. The predicted octanol–water partition coefficient (Wildman–Crippen LogP) is 3.13. The topological polar surface area (TPSA) is 62.6 Å². The lowest BCUT2D eigenvalue weighted by molar-refractivity contribution is -0.136. The van der Waals surface area contributed by atoms with Gasteiger partial charge in [-0.25, -0.2) is 9.78 Å². The van der Waals surface area contributed by atoms with Gasteiger partial charge in [0.2, 0.25) is 0 Å². The number of esters is 1. The number of rotatable bonds is 7. The van der Waals surface area contributed by atoms with E-state index in [0.29, 0.717) is 11.4 Å². The van der Waals surface area contributed by atoms with Crippen LogP contribution in [0.2, 0.25) is 0 Å². The van der Waals surface area contributed by atoms with Crippen molar-refractivity contribution in [3.8, 4) is 11.5 Å². The number of benzene rings is 1. The van der Waals surface area contributed by atoms with Gasteiger partial charge in [0.25, 0.3) is 0 Å².